The number of ether oxygens (including phenoxy) is 1. The van der Waals surface area contributed by atoms with Crippen molar-refractivity contribution in [1.29, 1.82) is 0 Å². The third kappa shape index (κ3) is 3.43. The van der Waals surface area contributed by atoms with Crippen molar-refractivity contribution in [3.63, 3.8) is 0 Å². The van der Waals surface area contributed by atoms with Crippen molar-refractivity contribution in [3.05, 3.63) is 58.2 Å². The molecule has 2 rings (SSSR count). The van der Waals surface area contributed by atoms with Gasteiger partial charge in [-0.05, 0) is 40.0 Å². The van der Waals surface area contributed by atoms with Gasteiger partial charge in [-0.3, -0.25) is 4.79 Å². The summed E-state index contributed by atoms with van der Waals surface area (Å²) in [5.74, 6) is 0.231. The molecule has 1 atom stereocenters. The predicted octanol–water partition coefficient (Wildman–Crippen LogP) is 3.48. The fourth-order valence-electron chi connectivity index (χ4n) is 1.83. The van der Waals surface area contributed by atoms with Crippen molar-refractivity contribution in [1.82, 2.24) is 4.98 Å². The van der Waals surface area contributed by atoms with Gasteiger partial charge in [-0.1, -0.05) is 30.3 Å². The van der Waals surface area contributed by atoms with Gasteiger partial charge in [-0.2, -0.15) is 0 Å². The number of carbonyl (C=O) groups is 1. The molecule has 0 unspecified atom stereocenters. The molecule has 0 fully saturated rings. The fourth-order valence-corrected chi connectivity index (χ4v) is 2.39. The van der Waals surface area contributed by atoms with Gasteiger partial charge in [-0.15, -0.1) is 0 Å². The summed E-state index contributed by atoms with van der Waals surface area (Å²) >= 11 is 3.38. The Balaban J connectivity index is 2.18. The largest absolute Gasteiger partial charge is 0.367 e. The fraction of sp³-hybridized carbons (Fsp3) is 0.200. The van der Waals surface area contributed by atoms with Gasteiger partial charge in [-0.25, -0.2) is 4.98 Å². The van der Waals surface area contributed by atoms with Crippen molar-refractivity contribution in [2.45, 2.75) is 13.0 Å². The van der Waals surface area contributed by atoms with Crippen LogP contribution >= 0.6 is 15.9 Å². The number of aryl methyl sites for hydroxylation is 1. The highest BCUT2D eigenvalue weighted by Gasteiger charge is 2.21. The molecule has 0 aliphatic carbocycles. The number of aromatic nitrogens is 1. The van der Waals surface area contributed by atoms with Gasteiger partial charge in [0.1, 0.15) is 5.82 Å². The summed E-state index contributed by atoms with van der Waals surface area (Å²) in [6.45, 7) is 1.94. The van der Waals surface area contributed by atoms with Crippen LogP contribution < -0.4 is 5.32 Å². The van der Waals surface area contributed by atoms with Crippen molar-refractivity contribution < 1.29 is 9.53 Å². The molecule has 4 nitrogen and oxygen atoms in total. The Labute approximate surface area is 126 Å². The Morgan fingerprint density at radius 1 is 1.35 bits per heavy atom. The van der Waals surface area contributed by atoms with Gasteiger partial charge in [0.15, 0.2) is 6.10 Å². The van der Waals surface area contributed by atoms with E-state index < -0.39 is 6.10 Å². The lowest BCUT2D eigenvalue weighted by Gasteiger charge is -2.15. The minimum atomic E-state index is -0.661. The number of carbonyl (C=O) groups excluding carboxylic acids is 1. The van der Waals surface area contributed by atoms with E-state index in [1.165, 1.54) is 7.11 Å². The second-order valence-corrected chi connectivity index (χ2v) is 5.21. The summed E-state index contributed by atoms with van der Waals surface area (Å²) in [7, 11) is 1.51. The Hall–Kier alpha value is -1.72. The van der Waals surface area contributed by atoms with Crippen molar-refractivity contribution in [2.75, 3.05) is 12.4 Å². The molecule has 0 saturated heterocycles. The number of halogens is 1. The molecule has 0 aliphatic heterocycles. The highest BCUT2D eigenvalue weighted by Crippen LogP contribution is 2.23. The molecule has 2 aromatic rings. The van der Waals surface area contributed by atoms with Crippen LogP contribution in [0.15, 0.2) is 47.1 Å². The molecular weight excluding hydrogens is 320 g/mol. The van der Waals surface area contributed by atoms with E-state index in [-0.39, 0.29) is 5.91 Å². The number of hydrogen-bond acceptors (Lipinski definition) is 3. The molecular formula is C15H15BrN2O2. The lowest BCUT2D eigenvalue weighted by atomic mass is 10.1. The first-order chi connectivity index (χ1) is 9.61. The SMILES string of the molecule is CO[C@H](C(=O)Nc1ncc(C)cc1Br)c1ccccc1. The third-order valence-electron chi connectivity index (χ3n) is 2.80. The zero-order valence-electron chi connectivity index (χ0n) is 11.3. The number of amides is 1. The van der Waals surface area contributed by atoms with E-state index in [1.54, 1.807) is 6.20 Å². The number of pyridine rings is 1. The topological polar surface area (TPSA) is 51.2 Å². The first kappa shape index (κ1) is 14.7. The summed E-state index contributed by atoms with van der Waals surface area (Å²) in [4.78, 5) is 16.5. The second-order valence-electron chi connectivity index (χ2n) is 4.36. The van der Waals surface area contributed by atoms with E-state index in [4.69, 9.17) is 4.74 Å². The number of methoxy groups -OCH3 is 1. The van der Waals surface area contributed by atoms with Gasteiger partial charge in [0.2, 0.25) is 0 Å². The Kier molecular flexibility index (Phi) is 4.87. The van der Waals surface area contributed by atoms with Crippen LogP contribution in [0.2, 0.25) is 0 Å². The number of rotatable bonds is 4. The van der Waals surface area contributed by atoms with Gasteiger partial charge in [0, 0.05) is 13.3 Å². The average Bonchev–Trinajstić information content (AvgIpc) is 2.44. The monoisotopic (exact) mass is 334 g/mol. The number of anilines is 1. The molecule has 1 aromatic heterocycles. The molecule has 0 bridgehead atoms. The van der Waals surface area contributed by atoms with Crippen LogP contribution in [0.25, 0.3) is 0 Å². The van der Waals surface area contributed by atoms with Crippen molar-refractivity contribution >= 4 is 27.7 Å². The minimum absolute atomic E-state index is 0.254. The predicted molar refractivity (Wildman–Crippen MR) is 81.5 cm³/mol. The van der Waals surface area contributed by atoms with Crippen LogP contribution in [-0.4, -0.2) is 18.0 Å². The quantitative estimate of drug-likeness (QED) is 0.931. The molecule has 0 spiro atoms. The normalized spacial score (nSPS) is 11.9. The second kappa shape index (κ2) is 6.63. The maximum Gasteiger partial charge on any atom is 0.259 e. The van der Waals surface area contributed by atoms with E-state index in [0.717, 1.165) is 15.6 Å². The number of nitrogens with one attached hydrogen (secondary N) is 1. The summed E-state index contributed by atoms with van der Waals surface area (Å²) < 4.78 is 6.02. The highest BCUT2D eigenvalue weighted by molar-refractivity contribution is 9.10. The van der Waals surface area contributed by atoms with E-state index >= 15 is 0 Å². The first-order valence-corrected chi connectivity index (χ1v) is 6.92. The third-order valence-corrected chi connectivity index (χ3v) is 3.40. The van der Waals surface area contributed by atoms with E-state index in [0.29, 0.717) is 5.82 Å². The van der Waals surface area contributed by atoms with Crippen molar-refractivity contribution in [3.8, 4) is 0 Å². The first-order valence-electron chi connectivity index (χ1n) is 6.12. The molecule has 5 heteroatoms. The summed E-state index contributed by atoms with van der Waals surface area (Å²) in [5, 5.41) is 2.76. The van der Waals surface area contributed by atoms with E-state index in [2.05, 4.69) is 26.2 Å². The van der Waals surface area contributed by atoms with E-state index in [1.807, 2.05) is 43.3 Å². The van der Waals surface area contributed by atoms with E-state index in [9.17, 15) is 4.79 Å². The van der Waals surface area contributed by atoms with Crippen molar-refractivity contribution in [2.24, 2.45) is 0 Å². The maximum absolute atomic E-state index is 12.3. The standard InChI is InChI=1S/C15H15BrN2O2/c1-10-8-12(16)14(17-9-10)18-15(19)13(20-2)11-6-4-3-5-7-11/h3-9,13H,1-2H3,(H,17,18,19)/t13-/m0/s1. The zero-order chi connectivity index (χ0) is 14.5. The molecule has 1 N–H and O–H groups in total. The van der Waals surface area contributed by atoms with Crippen LogP contribution in [-0.2, 0) is 9.53 Å². The Morgan fingerprint density at radius 2 is 2.05 bits per heavy atom. The molecule has 20 heavy (non-hydrogen) atoms. The van der Waals surface area contributed by atoms with Crippen LogP contribution in [0.4, 0.5) is 5.82 Å². The smallest absolute Gasteiger partial charge is 0.259 e. The molecule has 1 aromatic carbocycles. The zero-order valence-corrected chi connectivity index (χ0v) is 12.8. The molecule has 0 aliphatic rings. The summed E-state index contributed by atoms with van der Waals surface area (Å²) in [6.07, 6.45) is 1.04. The number of benzene rings is 1. The van der Waals surface area contributed by atoms with Crippen LogP contribution in [0.3, 0.4) is 0 Å². The maximum atomic E-state index is 12.3. The lowest BCUT2D eigenvalue weighted by Crippen LogP contribution is -2.23. The van der Waals surface area contributed by atoms with Crippen LogP contribution in [0.1, 0.15) is 17.2 Å². The lowest BCUT2D eigenvalue weighted by molar-refractivity contribution is -0.126. The van der Waals surface area contributed by atoms with Crippen LogP contribution in [0, 0.1) is 6.92 Å². The molecule has 104 valence electrons. The average molecular weight is 335 g/mol. The Bertz CT molecular complexity index is 602. The number of hydrogen-bond donors (Lipinski definition) is 1. The van der Waals surface area contributed by atoms with Gasteiger partial charge in [0.25, 0.3) is 5.91 Å². The van der Waals surface area contributed by atoms with Gasteiger partial charge < -0.3 is 10.1 Å². The Morgan fingerprint density at radius 3 is 2.65 bits per heavy atom. The molecule has 0 radical (unpaired) electrons. The summed E-state index contributed by atoms with van der Waals surface area (Å²) in [6, 6.07) is 11.2. The van der Waals surface area contributed by atoms with Crippen LogP contribution in [0.5, 0.6) is 0 Å². The van der Waals surface area contributed by atoms with Gasteiger partial charge in [0.05, 0.1) is 4.47 Å². The van der Waals surface area contributed by atoms with Gasteiger partial charge >= 0.3 is 0 Å². The number of nitrogens with zero attached hydrogens (tertiary/aromatic N) is 1. The summed E-state index contributed by atoms with van der Waals surface area (Å²) in [5.41, 5.74) is 1.82. The molecule has 0 saturated carbocycles. The minimum Gasteiger partial charge on any atom is -0.367 e. The molecule has 1 heterocycles. The highest BCUT2D eigenvalue weighted by atomic mass is 79.9. The molecule has 1 amide bonds.